The average Bonchev–Trinajstić information content (AvgIpc) is 3.43. The van der Waals surface area contributed by atoms with Gasteiger partial charge in [-0.05, 0) is 38.5 Å². The van der Waals surface area contributed by atoms with Gasteiger partial charge in [-0.3, -0.25) is 4.90 Å². The van der Waals surface area contributed by atoms with Crippen molar-refractivity contribution in [2.45, 2.75) is 50.3 Å². The van der Waals surface area contributed by atoms with Crippen molar-refractivity contribution in [3.8, 4) is 0 Å². The number of nitrogens with zero attached hydrogens (tertiary/aromatic N) is 3. The maximum absolute atomic E-state index is 14.5. The fourth-order valence-corrected chi connectivity index (χ4v) is 5.14. The second-order valence-corrected chi connectivity index (χ2v) is 10.4. The first-order chi connectivity index (χ1) is 16.8. The molecule has 2 aliphatic rings. The summed E-state index contributed by atoms with van der Waals surface area (Å²) in [5.41, 5.74) is -2.04. The van der Waals surface area contributed by atoms with Crippen LogP contribution in [-0.2, 0) is 15.0 Å². The van der Waals surface area contributed by atoms with E-state index in [-0.39, 0.29) is 18.0 Å². The number of hydrogen-bond acceptors (Lipinski definition) is 9. The van der Waals surface area contributed by atoms with Crippen LogP contribution in [0.4, 0.5) is 18.0 Å². The van der Waals surface area contributed by atoms with Gasteiger partial charge in [-0.2, -0.15) is 0 Å². The highest BCUT2D eigenvalue weighted by Gasteiger charge is 2.51. The van der Waals surface area contributed by atoms with E-state index in [0.29, 0.717) is 16.4 Å². The van der Waals surface area contributed by atoms with Crippen LogP contribution < -0.4 is 5.32 Å². The molecule has 0 bridgehead atoms. The molecule has 0 amide bonds. The molecule has 0 unspecified atom stereocenters. The number of halogens is 3. The van der Waals surface area contributed by atoms with Crippen LogP contribution >= 0.6 is 11.3 Å². The molecule has 0 spiro atoms. The third-order valence-corrected chi connectivity index (χ3v) is 7.04. The predicted molar refractivity (Wildman–Crippen MR) is 127 cm³/mol. The van der Waals surface area contributed by atoms with Crippen LogP contribution in [0, 0.1) is 5.82 Å². The first-order valence-corrected chi connectivity index (χ1v) is 12.1. The third kappa shape index (κ3) is 5.25. The molecule has 1 fully saturated rings. The van der Waals surface area contributed by atoms with Crippen molar-refractivity contribution in [3.63, 3.8) is 0 Å². The van der Waals surface area contributed by atoms with Crippen LogP contribution in [0.2, 0.25) is 0 Å². The van der Waals surface area contributed by atoms with Gasteiger partial charge in [-0.15, -0.1) is 11.3 Å². The molecule has 12 heteroatoms. The predicted octanol–water partition coefficient (Wildman–Crippen LogP) is 4.02. The number of hydrogen-bond donors (Lipinski definition) is 2. The Morgan fingerprint density at radius 2 is 2.03 bits per heavy atom. The quantitative estimate of drug-likeness (QED) is 0.551. The number of benzene rings is 1. The fourth-order valence-electron chi connectivity index (χ4n) is 4.55. The van der Waals surface area contributed by atoms with Gasteiger partial charge in [0.2, 0.25) is 0 Å². The van der Waals surface area contributed by atoms with Gasteiger partial charge in [0.15, 0.2) is 16.6 Å². The van der Waals surface area contributed by atoms with Crippen molar-refractivity contribution in [3.05, 3.63) is 63.7 Å². The van der Waals surface area contributed by atoms with Crippen LogP contribution in [0.1, 0.15) is 37.8 Å². The van der Waals surface area contributed by atoms with Crippen LogP contribution in [0.25, 0.3) is 0 Å². The molecule has 36 heavy (non-hydrogen) atoms. The number of carbonyl (C=O) groups excluding carboxylic acids is 1. The Hall–Kier alpha value is -2.96. The fraction of sp³-hybridized carbons (Fsp3) is 0.458. The minimum Gasteiger partial charge on any atom is -0.437 e. The van der Waals surface area contributed by atoms with Crippen molar-refractivity contribution in [1.29, 1.82) is 0 Å². The molecule has 194 valence electrons. The molecule has 3 heterocycles. The molecule has 1 saturated heterocycles. The summed E-state index contributed by atoms with van der Waals surface area (Å²) in [4.78, 5) is 22.8. The highest BCUT2D eigenvalue weighted by Crippen LogP contribution is 2.41. The molecule has 8 nitrogen and oxygen atoms in total. The molecule has 0 saturated carbocycles. The van der Waals surface area contributed by atoms with Crippen molar-refractivity contribution in [2.24, 2.45) is 4.99 Å². The summed E-state index contributed by atoms with van der Waals surface area (Å²) in [6.45, 7) is 3.89. The summed E-state index contributed by atoms with van der Waals surface area (Å²) < 4.78 is 53.0. The van der Waals surface area contributed by atoms with E-state index in [1.807, 2.05) is 0 Å². The topological polar surface area (TPSA) is 96.3 Å². The van der Waals surface area contributed by atoms with Crippen molar-refractivity contribution >= 4 is 23.3 Å². The number of aromatic nitrogens is 1. The lowest BCUT2D eigenvalue weighted by molar-refractivity contribution is -0.00739. The number of aliphatic hydroxyl groups is 1. The zero-order chi connectivity index (χ0) is 26.3. The van der Waals surface area contributed by atoms with E-state index in [4.69, 9.17) is 14.5 Å². The van der Waals surface area contributed by atoms with E-state index in [2.05, 4.69) is 10.3 Å². The van der Waals surface area contributed by atoms with Gasteiger partial charge in [-0.1, -0.05) is 12.1 Å². The molecule has 2 aromatic rings. The monoisotopic (exact) mass is 524 g/mol. The van der Waals surface area contributed by atoms with Gasteiger partial charge < -0.3 is 19.9 Å². The number of rotatable bonds is 6. The van der Waals surface area contributed by atoms with Crippen LogP contribution in [0.15, 0.2) is 52.3 Å². The summed E-state index contributed by atoms with van der Waals surface area (Å²) in [5.74, 6) is -3.15. The largest absolute Gasteiger partial charge is 0.513 e. The van der Waals surface area contributed by atoms with E-state index >= 15 is 0 Å². The number of nitrogens with one attached hydrogen (secondary N) is 1. The molecule has 1 aromatic heterocycles. The molecule has 0 radical (unpaired) electrons. The minimum absolute atomic E-state index is 0.00553. The molecule has 2 atom stereocenters. The highest BCUT2D eigenvalue weighted by atomic mass is 32.1. The van der Waals surface area contributed by atoms with Gasteiger partial charge in [0, 0.05) is 30.6 Å². The van der Waals surface area contributed by atoms with Gasteiger partial charge in [0.25, 0.3) is 5.92 Å². The number of aliphatic imine (C=N–C) groups is 1. The maximum atomic E-state index is 14.5. The Morgan fingerprint density at radius 1 is 1.33 bits per heavy atom. The summed E-state index contributed by atoms with van der Waals surface area (Å²) in [7, 11) is 1.14. The highest BCUT2D eigenvalue weighted by molar-refractivity contribution is 7.11. The smallest absolute Gasteiger partial charge is 0.437 e. The maximum Gasteiger partial charge on any atom is 0.513 e. The third-order valence-electron chi connectivity index (χ3n) is 6.26. The lowest BCUT2D eigenvalue weighted by atomic mass is 9.87. The van der Waals surface area contributed by atoms with Crippen LogP contribution in [-0.4, -0.2) is 64.7 Å². The summed E-state index contributed by atoms with van der Waals surface area (Å²) >= 11 is 1.30. The van der Waals surface area contributed by atoms with Gasteiger partial charge >= 0.3 is 6.16 Å². The second kappa shape index (κ2) is 9.49. The molecular weight excluding hydrogens is 497 g/mol. The van der Waals surface area contributed by atoms with Gasteiger partial charge in [-0.25, -0.2) is 27.9 Å². The Morgan fingerprint density at radius 3 is 2.61 bits per heavy atom. The standard InChI is InChI=1S/C24H27F3N4O4S/c1-22(2,33)17-11-24(26,27)13-31(17)12-16-18(35-21(32)34-4)23(3,14-5-7-15(25)8-6-14)30-19(29-16)20-28-9-10-36-20/h5-10,17,33H,11-13H2,1-4H3,(H,29,30)/t17-,23-/m0/s1. The Kier molecular flexibility index (Phi) is 6.88. The van der Waals surface area contributed by atoms with Crippen LogP contribution in [0.3, 0.4) is 0 Å². The number of amidine groups is 1. The number of alkyl halides is 2. The Bertz CT molecular complexity index is 1180. The minimum atomic E-state index is -3.02. The zero-order valence-corrected chi connectivity index (χ0v) is 21.0. The average molecular weight is 525 g/mol. The first-order valence-electron chi connectivity index (χ1n) is 11.2. The number of likely N-dealkylation sites (tertiary alicyclic amines) is 1. The van der Waals surface area contributed by atoms with Gasteiger partial charge in [0.05, 0.1) is 25.0 Å². The van der Waals surface area contributed by atoms with Gasteiger partial charge in [0.1, 0.15) is 11.4 Å². The molecule has 2 aliphatic heterocycles. The number of methoxy groups -OCH3 is 1. The lowest BCUT2D eigenvalue weighted by Gasteiger charge is -2.38. The van der Waals surface area contributed by atoms with E-state index in [1.54, 1.807) is 18.5 Å². The normalized spacial score (nSPS) is 24.3. The summed E-state index contributed by atoms with van der Waals surface area (Å²) in [6, 6.07) is 4.64. The lowest BCUT2D eigenvalue weighted by Crippen LogP contribution is -2.49. The number of carbonyl (C=O) groups is 1. The molecule has 1 aromatic carbocycles. The molecule has 0 aliphatic carbocycles. The van der Waals surface area contributed by atoms with E-state index in [1.165, 1.54) is 54.3 Å². The molecule has 4 rings (SSSR count). The van der Waals surface area contributed by atoms with E-state index in [0.717, 1.165) is 7.11 Å². The zero-order valence-electron chi connectivity index (χ0n) is 20.2. The Labute approximate surface area is 210 Å². The molecular formula is C24H27F3N4O4S. The Balaban J connectivity index is 1.86. The van der Waals surface area contributed by atoms with E-state index < -0.39 is 48.0 Å². The second-order valence-electron chi connectivity index (χ2n) is 9.50. The summed E-state index contributed by atoms with van der Waals surface area (Å²) in [5, 5.41) is 16.0. The van der Waals surface area contributed by atoms with E-state index in [9.17, 15) is 23.1 Å². The SMILES string of the molecule is COC(=O)OC1=C(CN2CC(F)(F)C[C@H]2C(C)(C)O)NC(c2nccs2)=N[C@@]1(C)c1ccc(F)cc1. The number of thiazole rings is 1. The number of ether oxygens (including phenoxy) is 2. The van der Waals surface area contributed by atoms with Crippen LogP contribution in [0.5, 0.6) is 0 Å². The first kappa shape index (κ1) is 26.1. The van der Waals surface area contributed by atoms with Crippen molar-refractivity contribution < 1.29 is 32.5 Å². The van der Waals surface area contributed by atoms with Crippen molar-refractivity contribution in [1.82, 2.24) is 15.2 Å². The van der Waals surface area contributed by atoms with Crippen molar-refractivity contribution in [2.75, 3.05) is 20.2 Å². The summed E-state index contributed by atoms with van der Waals surface area (Å²) in [6.07, 6.45) is 0.0326. The molecule has 2 N–H and O–H groups in total.